The summed E-state index contributed by atoms with van der Waals surface area (Å²) in [7, 11) is -3.38. The highest BCUT2D eigenvalue weighted by Gasteiger charge is 2.20. The van der Waals surface area contributed by atoms with Crippen molar-refractivity contribution in [2.75, 3.05) is 0 Å². The quantitative estimate of drug-likeness (QED) is 0.416. The maximum atomic E-state index is 14.1. The number of nitrogens with one attached hydrogen (secondary N) is 2. The van der Waals surface area contributed by atoms with Crippen molar-refractivity contribution in [3.8, 4) is 11.3 Å². The third-order valence-electron chi connectivity index (χ3n) is 5.20. The van der Waals surface area contributed by atoms with E-state index in [-0.39, 0.29) is 27.6 Å². The minimum Gasteiger partial charge on any atom is -0.348 e. The van der Waals surface area contributed by atoms with Gasteiger partial charge in [0.25, 0.3) is 5.91 Å². The number of carbonyl (C=O) groups excluding carboxylic acids is 1. The highest BCUT2D eigenvalue weighted by molar-refractivity contribution is 7.92. The number of nitrogens with zero attached hydrogens (tertiary/aromatic N) is 2. The van der Waals surface area contributed by atoms with Crippen LogP contribution in [-0.4, -0.2) is 34.5 Å². The zero-order valence-electron chi connectivity index (χ0n) is 17.8. The van der Waals surface area contributed by atoms with Crippen LogP contribution in [0.4, 0.5) is 4.39 Å². The lowest BCUT2D eigenvalue weighted by atomic mass is 10.1. The fourth-order valence-corrected chi connectivity index (χ4v) is 4.50. The normalized spacial score (nSPS) is 11.8. The zero-order chi connectivity index (χ0) is 23.8. The molecule has 10 heteroatoms. The molecule has 0 saturated heterocycles. The smallest absolute Gasteiger partial charge is 0.255 e. The summed E-state index contributed by atoms with van der Waals surface area (Å²) in [6.07, 6.45) is 3.02. The fraction of sp³-hybridized carbons (Fsp3) is 0.174. The van der Waals surface area contributed by atoms with Crippen LogP contribution in [0.5, 0.6) is 0 Å². The number of amides is 1. The highest BCUT2D eigenvalue weighted by Crippen LogP contribution is 2.24. The van der Waals surface area contributed by atoms with Gasteiger partial charge in [-0.05, 0) is 32.0 Å². The zero-order valence-corrected chi connectivity index (χ0v) is 19.3. The van der Waals surface area contributed by atoms with Gasteiger partial charge >= 0.3 is 0 Å². The molecule has 0 unspecified atom stereocenters. The molecule has 33 heavy (non-hydrogen) atoms. The molecule has 4 rings (SSSR count). The van der Waals surface area contributed by atoms with E-state index in [4.69, 9.17) is 11.6 Å². The predicted molar refractivity (Wildman–Crippen MR) is 124 cm³/mol. The van der Waals surface area contributed by atoms with Crippen LogP contribution in [0.25, 0.3) is 22.4 Å². The van der Waals surface area contributed by atoms with Gasteiger partial charge in [0.1, 0.15) is 11.3 Å². The van der Waals surface area contributed by atoms with Crippen LogP contribution in [0.2, 0.25) is 5.02 Å². The molecule has 0 aliphatic heterocycles. The van der Waals surface area contributed by atoms with E-state index >= 15 is 0 Å². The lowest BCUT2D eigenvalue weighted by molar-refractivity contribution is 0.0952. The van der Waals surface area contributed by atoms with Crippen molar-refractivity contribution in [2.45, 2.75) is 30.5 Å². The van der Waals surface area contributed by atoms with E-state index in [2.05, 4.69) is 20.3 Å². The number of hydrogen-bond donors (Lipinski definition) is 2. The summed E-state index contributed by atoms with van der Waals surface area (Å²) in [5.74, 6) is -1.03. The van der Waals surface area contributed by atoms with Gasteiger partial charge in [0.2, 0.25) is 0 Å². The van der Waals surface area contributed by atoms with E-state index < -0.39 is 26.8 Å². The molecule has 2 aromatic heterocycles. The monoisotopic (exact) mass is 486 g/mol. The first-order chi connectivity index (χ1) is 15.7. The second-order valence-electron chi connectivity index (χ2n) is 7.67. The third kappa shape index (κ3) is 4.46. The average Bonchev–Trinajstić information content (AvgIpc) is 3.23. The predicted octanol–water partition coefficient (Wildman–Crippen LogP) is 4.53. The summed E-state index contributed by atoms with van der Waals surface area (Å²) in [6.45, 7) is 3.21. The van der Waals surface area contributed by atoms with E-state index in [0.29, 0.717) is 22.4 Å². The number of aromatic amines is 1. The van der Waals surface area contributed by atoms with Crippen LogP contribution in [-0.2, 0) is 16.4 Å². The fourth-order valence-electron chi connectivity index (χ4n) is 3.25. The topological polar surface area (TPSA) is 105 Å². The van der Waals surface area contributed by atoms with Gasteiger partial charge in [-0.3, -0.25) is 4.79 Å². The molecule has 0 atom stereocenters. The molecule has 2 heterocycles. The Balaban J connectivity index is 1.60. The van der Waals surface area contributed by atoms with E-state index in [1.54, 1.807) is 32.0 Å². The Morgan fingerprint density at radius 3 is 2.61 bits per heavy atom. The van der Waals surface area contributed by atoms with Gasteiger partial charge in [-0.1, -0.05) is 35.9 Å². The van der Waals surface area contributed by atoms with Gasteiger partial charge in [-0.25, -0.2) is 22.8 Å². The van der Waals surface area contributed by atoms with Gasteiger partial charge in [0.05, 0.1) is 32.6 Å². The maximum absolute atomic E-state index is 14.1. The Morgan fingerprint density at radius 2 is 1.91 bits per heavy atom. The van der Waals surface area contributed by atoms with Gasteiger partial charge in [-0.2, -0.15) is 0 Å². The molecule has 0 fully saturated rings. The van der Waals surface area contributed by atoms with Crippen LogP contribution in [0.1, 0.15) is 29.8 Å². The summed E-state index contributed by atoms with van der Waals surface area (Å²) in [6, 6.07) is 10.9. The number of fused-ring (bicyclic) bond motifs is 1. The molecule has 170 valence electrons. The largest absolute Gasteiger partial charge is 0.348 e. The minimum atomic E-state index is -3.38. The molecule has 2 aromatic carbocycles. The van der Waals surface area contributed by atoms with Crippen molar-refractivity contribution in [1.82, 2.24) is 20.3 Å². The molecule has 7 nitrogen and oxygen atoms in total. The average molecular weight is 487 g/mol. The molecular formula is C23H20ClFN4O3S. The number of sulfone groups is 1. The number of H-pyrrole nitrogens is 1. The van der Waals surface area contributed by atoms with E-state index in [9.17, 15) is 17.6 Å². The van der Waals surface area contributed by atoms with Crippen LogP contribution >= 0.6 is 11.6 Å². The summed E-state index contributed by atoms with van der Waals surface area (Å²) < 4.78 is 38.8. The van der Waals surface area contributed by atoms with Crippen LogP contribution in [0, 0.1) is 5.82 Å². The first-order valence-corrected chi connectivity index (χ1v) is 12.0. The first-order valence-electron chi connectivity index (χ1n) is 10.1. The third-order valence-corrected chi connectivity index (χ3v) is 7.66. The van der Waals surface area contributed by atoms with Crippen LogP contribution in [0.3, 0.4) is 0 Å². The summed E-state index contributed by atoms with van der Waals surface area (Å²) in [5.41, 5.74) is 2.40. The first kappa shape index (κ1) is 22.9. The molecule has 4 aromatic rings. The Kier molecular flexibility index (Phi) is 6.18. The second-order valence-corrected chi connectivity index (χ2v) is 10.6. The molecule has 0 aliphatic rings. The Morgan fingerprint density at radius 1 is 1.18 bits per heavy atom. The highest BCUT2D eigenvalue weighted by atomic mass is 35.5. The van der Waals surface area contributed by atoms with E-state index in [0.717, 1.165) is 0 Å². The standard InChI is InChI=1S/C23H20ClFN4O3S/c1-13(2)33(31,32)16-8-6-14(7-9-16)19-12-27-22-21(29-19)17(11-26-22)23(30)28-10-15-4-3-5-18(24)20(15)25/h3-9,11-13H,10H2,1-2H3,(H,26,27)(H,28,30). The molecule has 0 bridgehead atoms. The second kappa shape index (κ2) is 8.92. The lowest BCUT2D eigenvalue weighted by Gasteiger charge is -2.09. The van der Waals surface area contributed by atoms with E-state index in [1.165, 1.54) is 36.7 Å². The van der Waals surface area contributed by atoms with Gasteiger partial charge in [0.15, 0.2) is 15.5 Å². The van der Waals surface area contributed by atoms with Crippen molar-refractivity contribution in [3.05, 3.63) is 76.8 Å². The SMILES string of the molecule is CC(C)S(=O)(=O)c1ccc(-c2cnc3[nH]cc(C(=O)NCc4cccc(Cl)c4F)c3n2)cc1. The number of halogens is 2. The van der Waals surface area contributed by atoms with Gasteiger partial charge < -0.3 is 10.3 Å². The molecule has 0 saturated carbocycles. The molecule has 0 aliphatic carbocycles. The number of hydrogen-bond acceptors (Lipinski definition) is 5. The lowest BCUT2D eigenvalue weighted by Crippen LogP contribution is -2.23. The molecular weight excluding hydrogens is 467 g/mol. The molecule has 1 amide bonds. The van der Waals surface area contributed by atoms with Gasteiger partial charge in [-0.15, -0.1) is 0 Å². The van der Waals surface area contributed by atoms with Crippen molar-refractivity contribution >= 4 is 38.5 Å². The Labute approximate surface area is 195 Å². The van der Waals surface area contributed by atoms with Crippen molar-refractivity contribution in [1.29, 1.82) is 0 Å². The number of benzene rings is 2. The maximum Gasteiger partial charge on any atom is 0.255 e. The summed E-state index contributed by atoms with van der Waals surface area (Å²) in [5, 5.41) is 2.12. The Hall–Kier alpha value is -3.30. The number of aromatic nitrogens is 3. The number of carbonyl (C=O) groups is 1. The van der Waals surface area contributed by atoms with Crippen molar-refractivity contribution < 1.29 is 17.6 Å². The summed E-state index contributed by atoms with van der Waals surface area (Å²) in [4.78, 5) is 24.7. The summed E-state index contributed by atoms with van der Waals surface area (Å²) >= 11 is 5.79. The molecule has 0 radical (unpaired) electrons. The van der Waals surface area contributed by atoms with E-state index in [1.807, 2.05) is 0 Å². The van der Waals surface area contributed by atoms with Gasteiger partial charge in [0, 0.05) is 23.9 Å². The molecule has 0 spiro atoms. The van der Waals surface area contributed by atoms with Crippen LogP contribution in [0.15, 0.2) is 59.8 Å². The number of rotatable bonds is 6. The van der Waals surface area contributed by atoms with Crippen molar-refractivity contribution in [3.63, 3.8) is 0 Å². The molecule has 2 N–H and O–H groups in total. The van der Waals surface area contributed by atoms with Crippen molar-refractivity contribution in [2.24, 2.45) is 0 Å². The Bertz CT molecular complexity index is 1450. The minimum absolute atomic E-state index is 0.0171. The van der Waals surface area contributed by atoms with Crippen LogP contribution < -0.4 is 5.32 Å².